The van der Waals surface area contributed by atoms with Crippen LogP contribution >= 0.6 is 0 Å². The molecule has 0 fully saturated rings. The van der Waals surface area contributed by atoms with Gasteiger partial charge in [0.1, 0.15) is 6.54 Å². The molecule has 1 heterocycles. The molecule has 0 bridgehead atoms. The van der Waals surface area contributed by atoms with Crippen LogP contribution in [0.2, 0.25) is 0 Å². The van der Waals surface area contributed by atoms with E-state index in [1.54, 1.807) is 25.1 Å². The highest BCUT2D eigenvalue weighted by Crippen LogP contribution is 2.10. The average Bonchev–Trinajstić information content (AvgIpc) is 2.42. The molecule has 7 heteroatoms. The molecule has 0 spiro atoms. The first kappa shape index (κ1) is 13.7. The van der Waals surface area contributed by atoms with E-state index < -0.39 is 29.6 Å². The van der Waals surface area contributed by atoms with E-state index in [1.165, 1.54) is 6.07 Å². The van der Waals surface area contributed by atoms with Gasteiger partial charge in [-0.3, -0.25) is 14.3 Å². The van der Waals surface area contributed by atoms with Crippen LogP contribution in [-0.4, -0.2) is 33.4 Å². The summed E-state index contributed by atoms with van der Waals surface area (Å²) in [6.07, 6.45) is 0. The Balaban J connectivity index is 2.71. The molecule has 104 valence electrons. The van der Waals surface area contributed by atoms with Gasteiger partial charge in [0.25, 0.3) is 0 Å². The number of carboxylic acids is 1. The second kappa shape index (κ2) is 5.52. The van der Waals surface area contributed by atoms with Gasteiger partial charge in [0.05, 0.1) is 12.1 Å². The maximum atomic E-state index is 12.2. The number of carboxylic acid groups (broad SMARTS) is 1. The summed E-state index contributed by atoms with van der Waals surface area (Å²) in [5, 5.41) is 12.9. The summed E-state index contributed by atoms with van der Waals surface area (Å²) in [6.45, 7) is 1.26. The summed E-state index contributed by atoms with van der Waals surface area (Å²) in [7, 11) is 0. The Bertz CT molecular complexity index is 735. The van der Waals surface area contributed by atoms with E-state index in [4.69, 9.17) is 9.84 Å². The summed E-state index contributed by atoms with van der Waals surface area (Å²) in [5.74, 6) is -1.98. The Morgan fingerprint density at radius 2 is 2.05 bits per heavy atom. The van der Waals surface area contributed by atoms with E-state index in [2.05, 4.69) is 5.10 Å². The summed E-state index contributed by atoms with van der Waals surface area (Å²) in [6, 6.07) is 6.37. The monoisotopic (exact) mass is 276 g/mol. The van der Waals surface area contributed by atoms with Crippen LogP contribution in [0.3, 0.4) is 0 Å². The van der Waals surface area contributed by atoms with Crippen molar-refractivity contribution in [2.75, 3.05) is 6.61 Å². The quantitative estimate of drug-likeness (QED) is 0.823. The zero-order valence-corrected chi connectivity index (χ0v) is 10.7. The van der Waals surface area contributed by atoms with Gasteiger partial charge in [-0.1, -0.05) is 12.1 Å². The van der Waals surface area contributed by atoms with Crippen molar-refractivity contribution in [2.24, 2.45) is 0 Å². The van der Waals surface area contributed by atoms with Gasteiger partial charge in [0, 0.05) is 5.39 Å². The maximum Gasteiger partial charge on any atom is 0.362 e. The Hall–Kier alpha value is -2.70. The van der Waals surface area contributed by atoms with Gasteiger partial charge in [-0.2, -0.15) is 5.10 Å². The van der Waals surface area contributed by atoms with Crippen LogP contribution in [-0.2, 0) is 16.1 Å². The number of hydrogen-bond donors (Lipinski definition) is 1. The second-order valence-electron chi connectivity index (χ2n) is 3.97. The van der Waals surface area contributed by atoms with Crippen LogP contribution in [0.15, 0.2) is 29.1 Å². The van der Waals surface area contributed by atoms with E-state index in [0.717, 1.165) is 4.68 Å². The first-order valence-corrected chi connectivity index (χ1v) is 5.93. The van der Waals surface area contributed by atoms with E-state index in [-0.39, 0.29) is 12.0 Å². The molecule has 0 radical (unpaired) electrons. The molecule has 0 amide bonds. The Morgan fingerprint density at radius 3 is 2.70 bits per heavy atom. The highest BCUT2D eigenvalue weighted by atomic mass is 16.5. The molecule has 0 saturated heterocycles. The number of para-hydroxylation sites is 1. The third-order valence-electron chi connectivity index (χ3n) is 2.62. The largest absolute Gasteiger partial charge is 0.480 e. The Labute approximate surface area is 113 Å². The number of aromatic nitrogens is 2. The summed E-state index contributed by atoms with van der Waals surface area (Å²) >= 11 is 0. The molecule has 1 aromatic carbocycles. The zero-order valence-electron chi connectivity index (χ0n) is 10.7. The van der Waals surface area contributed by atoms with Crippen molar-refractivity contribution in [3.63, 3.8) is 0 Å². The van der Waals surface area contributed by atoms with Gasteiger partial charge >= 0.3 is 11.9 Å². The van der Waals surface area contributed by atoms with E-state index >= 15 is 0 Å². The lowest BCUT2D eigenvalue weighted by molar-refractivity contribution is -0.137. The minimum atomic E-state index is -1.12. The topological polar surface area (TPSA) is 98.5 Å². The third kappa shape index (κ3) is 2.51. The molecule has 0 unspecified atom stereocenters. The van der Waals surface area contributed by atoms with Crippen molar-refractivity contribution < 1.29 is 19.4 Å². The van der Waals surface area contributed by atoms with Gasteiger partial charge in [-0.25, -0.2) is 4.79 Å². The van der Waals surface area contributed by atoms with Gasteiger partial charge in [-0.05, 0) is 19.1 Å². The molecule has 0 atom stereocenters. The number of nitrogens with zero attached hydrogens (tertiary/aromatic N) is 2. The molecule has 2 aromatic rings. The maximum absolute atomic E-state index is 12.2. The average molecular weight is 276 g/mol. The standard InChI is InChI=1S/C13H12N2O5/c1-2-20-13(19)11-12(18)8-5-3-4-6-9(8)15(14-11)7-10(16)17/h3-6H,2,7H2,1H3,(H,16,17). The van der Waals surface area contributed by atoms with Crippen LogP contribution in [0, 0.1) is 0 Å². The number of carbonyl (C=O) groups excluding carboxylic acids is 1. The molecule has 0 aliphatic rings. The lowest BCUT2D eigenvalue weighted by atomic mass is 10.2. The number of rotatable bonds is 4. The lowest BCUT2D eigenvalue weighted by Crippen LogP contribution is -2.26. The molecule has 0 aliphatic heterocycles. The molecule has 0 aliphatic carbocycles. The first-order valence-electron chi connectivity index (χ1n) is 5.93. The fourth-order valence-corrected chi connectivity index (χ4v) is 1.82. The van der Waals surface area contributed by atoms with Crippen molar-refractivity contribution in [1.82, 2.24) is 9.78 Å². The summed E-state index contributed by atoms with van der Waals surface area (Å²) in [4.78, 5) is 34.7. The number of esters is 1. The number of fused-ring (bicyclic) bond motifs is 1. The fourth-order valence-electron chi connectivity index (χ4n) is 1.82. The highest BCUT2D eigenvalue weighted by Gasteiger charge is 2.18. The summed E-state index contributed by atoms with van der Waals surface area (Å²) in [5.41, 5.74) is -0.625. The molecule has 20 heavy (non-hydrogen) atoms. The Morgan fingerprint density at radius 1 is 1.35 bits per heavy atom. The van der Waals surface area contributed by atoms with Gasteiger partial charge in [0.2, 0.25) is 11.1 Å². The molecular weight excluding hydrogens is 264 g/mol. The van der Waals surface area contributed by atoms with Crippen LogP contribution in [0.25, 0.3) is 10.9 Å². The third-order valence-corrected chi connectivity index (χ3v) is 2.62. The second-order valence-corrected chi connectivity index (χ2v) is 3.97. The van der Waals surface area contributed by atoms with Crippen molar-refractivity contribution >= 4 is 22.8 Å². The smallest absolute Gasteiger partial charge is 0.362 e. The number of ether oxygens (including phenoxy) is 1. The predicted octanol–water partition coefficient (Wildman–Crippen LogP) is 0.658. The van der Waals surface area contributed by atoms with E-state index in [1.807, 2.05) is 0 Å². The molecule has 1 N–H and O–H groups in total. The molecule has 1 aromatic heterocycles. The molecule has 2 rings (SSSR count). The SMILES string of the molecule is CCOC(=O)c1nn(CC(=O)O)c2ccccc2c1=O. The normalized spacial score (nSPS) is 10.4. The number of carbonyl (C=O) groups is 2. The molecular formula is C13H12N2O5. The van der Waals surface area contributed by atoms with Gasteiger partial charge in [0.15, 0.2) is 0 Å². The van der Waals surface area contributed by atoms with Crippen molar-refractivity contribution in [1.29, 1.82) is 0 Å². The first-order chi connectivity index (χ1) is 9.54. The predicted molar refractivity (Wildman–Crippen MR) is 69.6 cm³/mol. The highest BCUT2D eigenvalue weighted by molar-refractivity contribution is 5.91. The van der Waals surface area contributed by atoms with E-state index in [0.29, 0.717) is 5.52 Å². The van der Waals surface area contributed by atoms with Crippen LogP contribution in [0.1, 0.15) is 17.4 Å². The molecule has 7 nitrogen and oxygen atoms in total. The van der Waals surface area contributed by atoms with Crippen molar-refractivity contribution in [2.45, 2.75) is 13.5 Å². The van der Waals surface area contributed by atoms with Crippen LogP contribution in [0.5, 0.6) is 0 Å². The van der Waals surface area contributed by atoms with Crippen molar-refractivity contribution in [3.05, 3.63) is 40.2 Å². The minimum Gasteiger partial charge on any atom is -0.480 e. The minimum absolute atomic E-state index is 0.103. The number of aliphatic carboxylic acids is 1. The van der Waals surface area contributed by atoms with Crippen molar-refractivity contribution in [3.8, 4) is 0 Å². The lowest BCUT2D eigenvalue weighted by Gasteiger charge is -2.09. The number of hydrogen-bond acceptors (Lipinski definition) is 5. The zero-order chi connectivity index (χ0) is 14.7. The summed E-state index contributed by atoms with van der Waals surface area (Å²) < 4.78 is 5.86. The molecule has 0 saturated carbocycles. The van der Waals surface area contributed by atoms with Gasteiger partial charge in [-0.15, -0.1) is 0 Å². The van der Waals surface area contributed by atoms with Crippen LogP contribution in [0.4, 0.5) is 0 Å². The Kier molecular flexibility index (Phi) is 3.79. The van der Waals surface area contributed by atoms with E-state index in [9.17, 15) is 14.4 Å². The number of benzene rings is 1. The van der Waals surface area contributed by atoms with Gasteiger partial charge < -0.3 is 9.84 Å². The fraction of sp³-hybridized carbons (Fsp3) is 0.231. The van der Waals surface area contributed by atoms with Crippen LogP contribution < -0.4 is 5.43 Å².